The summed E-state index contributed by atoms with van der Waals surface area (Å²) in [6.07, 6.45) is 4.66. The fourth-order valence-electron chi connectivity index (χ4n) is 3.95. The molecule has 0 spiro atoms. The molecule has 1 aromatic carbocycles. The molecule has 0 fully saturated rings. The molecule has 1 aliphatic carbocycles. The van der Waals surface area contributed by atoms with Gasteiger partial charge in [0.05, 0.1) is 5.75 Å². The molecule has 8 heteroatoms. The van der Waals surface area contributed by atoms with E-state index in [1.807, 2.05) is 18.2 Å². The first-order chi connectivity index (χ1) is 15.1. The number of carbonyl (C=O) groups is 1. The van der Waals surface area contributed by atoms with E-state index in [9.17, 15) is 4.79 Å². The lowest BCUT2D eigenvalue weighted by atomic mass is 9.97. The van der Waals surface area contributed by atoms with Gasteiger partial charge >= 0.3 is 0 Å². The summed E-state index contributed by atoms with van der Waals surface area (Å²) in [4.78, 5) is 24.9. The van der Waals surface area contributed by atoms with Crippen LogP contribution < -0.4 is 14.8 Å². The average Bonchev–Trinajstić information content (AvgIpc) is 3.16. The minimum absolute atomic E-state index is 0.0661. The van der Waals surface area contributed by atoms with E-state index in [0.717, 1.165) is 28.5 Å². The zero-order chi connectivity index (χ0) is 21.4. The van der Waals surface area contributed by atoms with Gasteiger partial charge in [0.25, 0.3) is 0 Å². The highest BCUT2D eigenvalue weighted by atomic mass is 32.2. The predicted molar refractivity (Wildman–Crippen MR) is 125 cm³/mol. The van der Waals surface area contributed by atoms with Crippen molar-refractivity contribution >= 4 is 44.9 Å². The molecule has 6 nitrogen and oxygen atoms in total. The minimum Gasteiger partial charge on any atom is -0.486 e. The maximum atomic E-state index is 12.7. The molecule has 1 aliphatic heterocycles. The number of hydrogen-bond donors (Lipinski definition) is 1. The smallest absolute Gasteiger partial charge is 0.234 e. The lowest BCUT2D eigenvalue weighted by Crippen LogP contribution is -2.17. The minimum atomic E-state index is -0.0661. The van der Waals surface area contributed by atoms with Crippen molar-refractivity contribution in [1.82, 2.24) is 9.97 Å². The first-order valence-electron chi connectivity index (χ1n) is 10.7. The third-order valence-corrected chi connectivity index (χ3v) is 7.64. The number of benzene rings is 1. The summed E-state index contributed by atoms with van der Waals surface area (Å²) >= 11 is 3.31. The molecule has 0 bridgehead atoms. The number of hydrogen-bond acceptors (Lipinski definition) is 7. The molecule has 3 heterocycles. The quantitative estimate of drug-likeness (QED) is 0.421. The third kappa shape index (κ3) is 4.23. The monoisotopic (exact) mass is 455 g/mol. The predicted octanol–water partition coefficient (Wildman–Crippen LogP) is 5.20. The number of amides is 1. The Labute approximate surface area is 189 Å². The Hall–Kier alpha value is -2.32. The van der Waals surface area contributed by atoms with Crippen molar-refractivity contribution in [3.63, 3.8) is 0 Å². The molecule has 3 aromatic rings. The second-order valence-corrected chi connectivity index (χ2v) is 10.2. The van der Waals surface area contributed by atoms with Gasteiger partial charge in [0.2, 0.25) is 5.91 Å². The molecule has 0 unspecified atom stereocenters. The maximum absolute atomic E-state index is 12.7. The van der Waals surface area contributed by atoms with Crippen LogP contribution in [-0.4, -0.2) is 34.8 Å². The summed E-state index contributed by atoms with van der Waals surface area (Å²) in [6.45, 7) is 5.29. The first-order valence-corrected chi connectivity index (χ1v) is 12.5. The fourth-order valence-corrected chi connectivity index (χ4v) is 6.15. The summed E-state index contributed by atoms with van der Waals surface area (Å²) in [6, 6.07) is 5.48. The number of thioether (sulfide) groups is 1. The van der Waals surface area contributed by atoms with Crippen LogP contribution in [0.4, 0.5) is 5.69 Å². The van der Waals surface area contributed by atoms with E-state index in [-0.39, 0.29) is 11.8 Å². The number of ether oxygens (including phenoxy) is 2. The Bertz CT molecular complexity index is 1140. The van der Waals surface area contributed by atoms with Crippen molar-refractivity contribution in [3.05, 3.63) is 34.5 Å². The van der Waals surface area contributed by atoms with Gasteiger partial charge in [-0.1, -0.05) is 25.6 Å². The van der Waals surface area contributed by atoms with Crippen molar-refractivity contribution < 1.29 is 14.3 Å². The van der Waals surface area contributed by atoms with E-state index in [1.54, 1.807) is 11.3 Å². The molecule has 0 saturated carbocycles. The number of aromatic nitrogens is 2. The van der Waals surface area contributed by atoms with Gasteiger partial charge in [0.15, 0.2) is 11.5 Å². The number of aryl methyl sites for hydroxylation is 2. The lowest BCUT2D eigenvalue weighted by molar-refractivity contribution is -0.113. The van der Waals surface area contributed by atoms with Gasteiger partial charge in [-0.15, -0.1) is 11.3 Å². The van der Waals surface area contributed by atoms with Gasteiger partial charge in [-0.3, -0.25) is 4.79 Å². The molecule has 1 amide bonds. The number of carbonyl (C=O) groups excluding carboxylic acids is 1. The second kappa shape index (κ2) is 8.67. The van der Waals surface area contributed by atoms with Crippen LogP contribution in [0.1, 0.15) is 48.9 Å². The Balaban J connectivity index is 1.36. The molecular weight excluding hydrogens is 430 g/mol. The van der Waals surface area contributed by atoms with Crippen molar-refractivity contribution in [2.75, 3.05) is 24.3 Å². The van der Waals surface area contributed by atoms with E-state index in [1.165, 1.54) is 40.4 Å². The van der Waals surface area contributed by atoms with E-state index >= 15 is 0 Å². The Morgan fingerprint density at radius 1 is 1.16 bits per heavy atom. The van der Waals surface area contributed by atoms with Crippen LogP contribution >= 0.6 is 23.1 Å². The topological polar surface area (TPSA) is 73.3 Å². The summed E-state index contributed by atoms with van der Waals surface area (Å²) in [5.74, 6) is 2.70. The first kappa shape index (κ1) is 20.6. The fraction of sp³-hybridized carbons (Fsp3) is 0.435. The molecule has 2 aromatic heterocycles. The van der Waals surface area contributed by atoms with Gasteiger partial charge in [-0.25, -0.2) is 9.97 Å². The molecule has 0 saturated heterocycles. The van der Waals surface area contributed by atoms with E-state index < -0.39 is 0 Å². The highest BCUT2D eigenvalue weighted by molar-refractivity contribution is 8.00. The number of nitrogens with zero attached hydrogens (tertiary/aromatic N) is 2. The highest BCUT2D eigenvalue weighted by Crippen LogP contribution is 2.40. The Morgan fingerprint density at radius 3 is 2.81 bits per heavy atom. The number of rotatable bonds is 5. The van der Waals surface area contributed by atoms with Gasteiger partial charge < -0.3 is 14.8 Å². The number of nitrogens with one attached hydrogen (secondary N) is 1. The van der Waals surface area contributed by atoms with Crippen molar-refractivity contribution in [3.8, 4) is 11.5 Å². The molecule has 31 heavy (non-hydrogen) atoms. The normalized spacial score (nSPS) is 15.2. The van der Waals surface area contributed by atoms with Gasteiger partial charge in [-0.2, -0.15) is 0 Å². The molecule has 0 radical (unpaired) electrons. The molecule has 1 N–H and O–H groups in total. The van der Waals surface area contributed by atoms with Crippen molar-refractivity contribution in [2.45, 2.75) is 50.5 Å². The Morgan fingerprint density at radius 2 is 1.97 bits per heavy atom. The van der Waals surface area contributed by atoms with E-state index in [4.69, 9.17) is 19.4 Å². The Kier molecular flexibility index (Phi) is 5.75. The van der Waals surface area contributed by atoms with Gasteiger partial charge in [0.1, 0.15) is 28.9 Å². The largest absolute Gasteiger partial charge is 0.486 e. The number of fused-ring (bicyclic) bond motifs is 4. The molecule has 0 atom stereocenters. The molecule has 162 valence electrons. The summed E-state index contributed by atoms with van der Waals surface area (Å²) in [7, 11) is 0. The number of thiophene rings is 1. The van der Waals surface area contributed by atoms with Crippen LogP contribution in [0.3, 0.4) is 0 Å². The second-order valence-electron chi connectivity index (χ2n) is 8.13. The summed E-state index contributed by atoms with van der Waals surface area (Å²) < 4.78 is 11.1. The molecular formula is C23H25N3O3S2. The van der Waals surface area contributed by atoms with E-state index in [2.05, 4.69) is 19.2 Å². The highest BCUT2D eigenvalue weighted by Gasteiger charge is 2.22. The molecule has 5 rings (SSSR count). The lowest BCUT2D eigenvalue weighted by Gasteiger charge is -2.19. The van der Waals surface area contributed by atoms with Crippen molar-refractivity contribution in [2.24, 2.45) is 0 Å². The SMILES string of the molecule is CC(C)c1nc(SCC(=O)Nc2ccc3c(c2)OCCO3)c2c3c(sc2n1)CCCC3. The van der Waals surface area contributed by atoms with Crippen LogP contribution in [0, 0.1) is 0 Å². The van der Waals surface area contributed by atoms with E-state index in [0.29, 0.717) is 36.2 Å². The zero-order valence-corrected chi connectivity index (χ0v) is 19.3. The van der Waals surface area contributed by atoms with Crippen LogP contribution in [0.25, 0.3) is 10.2 Å². The van der Waals surface area contributed by atoms with Crippen molar-refractivity contribution in [1.29, 1.82) is 0 Å². The third-order valence-electron chi connectivity index (χ3n) is 5.48. The maximum Gasteiger partial charge on any atom is 0.234 e. The van der Waals surface area contributed by atoms with Crippen LogP contribution in [-0.2, 0) is 17.6 Å². The average molecular weight is 456 g/mol. The zero-order valence-electron chi connectivity index (χ0n) is 17.7. The summed E-state index contributed by atoms with van der Waals surface area (Å²) in [5.41, 5.74) is 2.11. The van der Waals surface area contributed by atoms with Gasteiger partial charge in [0, 0.05) is 27.9 Å². The molecule has 2 aliphatic rings. The van der Waals surface area contributed by atoms with Gasteiger partial charge in [-0.05, 0) is 43.4 Å². The summed E-state index contributed by atoms with van der Waals surface area (Å²) in [5, 5.41) is 5.07. The van der Waals surface area contributed by atoms with Crippen LogP contribution in [0.5, 0.6) is 11.5 Å². The van der Waals surface area contributed by atoms with Crippen LogP contribution in [0.2, 0.25) is 0 Å². The number of anilines is 1. The standard InChI is InChI=1S/C23H25N3O3S2/c1-13(2)21-25-22(20-15-5-3-4-6-18(15)31-23(20)26-21)30-12-19(27)24-14-7-8-16-17(11-14)29-10-9-28-16/h7-8,11,13H,3-6,9-10,12H2,1-2H3,(H,24,27). The van der Waals surface area contributed by atoms with Crippen LogP contribution in [0.15, 0.2) is 23.2 Å².